The monoisotopic (exact) mass is 589 g/mol. The molecule has 0 heterocycles. The molecule has 0 bridgehead atoms. The molecule has 4 rings (SSSR count). The molecule has 0 aliphatic rings. The molecular formula is C32H26F3N3O3S. The molecule has 0 unspecified atom stereocenters. The fourth-order valence-corrected chi connectivity index (χ4v) is 4.66. The van der Waals surface area contributed by atoms with Gasteiger partial charge in [-0.05, 0) is 61.0 Å². The molecule has 214 valence electrons. The molecule has 4 aromatic rings. The summed E-state index contributed by atoms with van der Waals surface area (Å²) in [5, 5.41) is 7.76. The molecule has 10 heteroatoms. The molecule has 3 N–H and O–H groups in total. The van der Waals surface area contributed by atoms with Crippen molar-refractivity contribution in [2.75, 3.05) is 16.4 Å². The number of aryl methyl sites for hydroxylation is 1. The Morgan fingerprint density at radius 1 is 0.810 bits per heavy atom. The summed E-state index contributed by atoms with van der Waals surface area (Å²) in [7, 11) is 0. The van der Waals surface area contributed by atoms with Gasteiger partial charge in [-0.15, -0.1) is 11.8 Å². The zero-order chi connectivity index (χ0) is 30.1. The molecule has 0 fully saturated rings. The van der Waals surface area contributed by atoms with Gasteiger partial charge in [0, 0.05) is 16.1 Å². The van der Waals surface area contributed by atoms with E-state index in [1.165, 1.54) is 18.2 Å². The zero-order valence-electron chi connectivity index (χ0n) is 22.4. The van der Waals surface area contributed by atoms with Gasteiger partial charge in [0.25, 0.3) is 11.8 Å². The van der Waals surface area contributed by atoms with Crippen LogP contribution in [0.4, 0.5) is 24.5 Å². The van der Waals surface area contributed by atoms with E-state index in [1.807, 2.05) is 31.2 Å². The van der Waals surface area contributed by atoms with Crippen molar-refractivity contribution in [1.29, 1.82) is 0 Å². The molecule has 0 saturated carbocycles. The zero-order valence-corrected chi connectivity index (χ0v) is 23.2. The maximum Gasteiger partial charge on any atom is 0.418 e. The minimum atomic E-state index is -4.60. The molecule has 0 atom stereocenters. The van der Waals surface area contributed by atoms with Gasteiger partial charge in [0.1, 0.15) is 5.70 Å². The van der Waals surface area contributed by atoms with E-state index in [4.69, 9.17) is 0 Å². The number of carbonyl (C=O) groups excluding carboxylic acids is 3. The van der Waals surface area contributed by atoms with E-state index in [0.717, 1.165) is 29.0 Å². The van der Waals surface area contributed by atoms with E-state index < -0.39 is 29.5 Å². The van der Waals surface area contributed by atoms with E-state index in [-0.39, 0.29) is 17.1 Å². The number of alkyl halides is 3. The van der Waals surface area contributed by atoms with Gasteiger partial charge in [0.15, 0.2) is 0 Å². The number of hydrogen-bond acceptors (Lipinski definition) is 4. The number of halogens is 3. The van der Waals surface area contributed by atoms with Crippen LogP contribution in [0, 0.1) is 6.92 Å². The van der Waals surface area contributed by atoms with Crippen molar-refractivity contribution in [2.45, 2.75) is 18.0 Å². The summed E-state index contributed by atoms with van der Waals surface area (Å²) in [5.74, 6) is -1.79. The summed E-state index contributed by atoms with van der Waals surface area (Å²) in [6.45, 7) is 1.91. The van der Waals surface area contributed by atoms with Crippen molar-refractivity contribution in [3.05, 3.63) is 131 Å². The number of para-hydroxylation sites is 1. The van der Waals surface area contributed by atoms with Crippen LogP contribution in [-0.4, -0.2) is 23.5 Å². The number of nitrogens with one attached hydrogen (secondary N) is 3. The van der Waals surface area contributed by atoms with Crippen molar-refractivity contribution in [3.63, 3.8) is 0 Å². The Morgan fingerprint density at radius 3 is 2.26 bits per heavy atom. The number of amides is 3. The topological polar surface area (TPSA) is 87.3 Å². The number of carbonyl (C=O) groups is 3. The van der Waals surface area contributed by atoms with Crippen LogP contribution >= 0.6 is 11.8 Å². The van der Waals surface area contributed by atoms with Crippen LogP contribution in [0.5, 0.6) is 0 Å². The first-order valence-electron chi connectivity index (χ1n) is 12.7. The maximum absolute atomic E-state index is 13.3. The molecule has 0 aromatic heterocycles. The number of hydrogen-bond donors (Lipinski definition) is 3. The Balaban J connectivity index is 1.45. The summed E-state index contributed by atoms with van der Waals surface area (Å²) >= 11 is 1.09. The van der Waals surface area contributed by atoms with Crippen molar-refractivity contribution < 1.29 is 27.6 Å². The van der Waals surface area contributed by atoms with Crippen LogP contribution in [0.3, 0.4) is 0 Å². The molecule has 42 heavy (non-hydrogen) atoms. The summed E-state index contributed by atoms with van der Waals surface area (Å²) in [5.41, 5.74) is 1.26. The highest BCUT2D eigenvalue weighted by molar-refractivity contribution is 8.00. The smallest absolute Gasteiger partial charge is 0.325 e. The van der Waals surface area contributed by atoms with Gasteiger partial charge in [-0.1, -0.05) is 66.2 Å². The van der Waals surface area contributed by atoms with Gasteiger partial charge < -0.3 is 16.0 Å². The van der Waals surface area contributed by atoms with Crippen LogP contribution in [0.1, 0.15) is 27.0 Å². The fourth-order valence-electron chi connectivity index (χ4n) is 3.91. The second-order valence-electron chi connectivity index (χ2n) is 9.15. The minimum Gasteiger partial charge on any atom is -0.325 e. The van der Waals surface area contributed by atoms with Gasteiger partial charge in [0.2, 0.25) is 5.91 Å². The highest BCUT2D eigenvalue weighted by atomic mass is 32.2. The van der Waals surface area contributed by atoms with E-state index in [2.05, 4.69) is 16.0 Å². The largest absolute Gasteiger partial charge is 0.418 e. The van der Waals surface area contributed by atoms with E-state index in [9.17, 15) is 27.6 Å². The molecule has 3 amide bonds. The standard InChI is InChI=1S/C32H26F3N3O3S/c1-21-9-7-10-22(17-21)18-28(38-30(40)23-11-3-2-4-12-23)31(41)36-24-13-8-14-25(19-24)42-20-29(39)37-27-16-6-5-15-26(27)32(33,34)35/h2-19H,20H2,1H3,(H,36,41)(H,37,39)(H,38,40)/b28-18+. The molecule has 4 aromatic carbocycles. The number of anilines is 2. The highest BCUT2D eigenvalue weighted by Gasteiger charge is 2.33. The van der Waals surface area contributed by atoms with Gasteiger partial charge in [-0.25, -0.2) is 0 Å². The fraction of sp³-hybridized carbons (Fsp3) is 0.0938. The Morgan fingerprint density at radius 2 is 1.52 bits per heavy atom. The Labute approximate surface area is 245 Å². The van der Waals surface area contributed by atoms with Crippen molar-refractivity contribution in [2.24, 2.45) is 0 Å². The lowest BCUT2D eigenvalue weighted by atomic mass is 10.1. The first kappa shape index (κ1) is 30.1. The summed E-state index contributed by atoms with van der Waals surface area (Å²) in [6, 6.07) is 27.3. The summed E-state index contributed by atoms with van der Waals surface area (Å²) < 4.78 is 39.7. The molecule has 6 nitrogen and oxygen atoms in total. The number of rotatable bonds is 9. The van der Waals surface area contributed by atoms with Gasteiger partial charge >= 0.3 is 6.18 Å². The van der Waals surface area contributed by atoms with Crippen molar-refractivity contribution in [3.8, 4) is 0 Å². The van der Waals surface area contributed by atoms with Crippen LogP contribution in [0.15, 0.2) is 114 Å². The Bertz CT molecular complexity index is 1620. The molecule has 0 aliphatic heterocycles. The third kappa shape index (κ3) is 8.58. The molecular weight excluding hydrogens is 563 g/mol. The predicted molar refractivity (Wildman–Crippen MR) is 159 cm³/mol. The minimum absolute atomic E-state index is 0.0233. The van der Waals surface area contributed by atoms with Gasteiger partial charge in [-0.3, -0.25) is 14.4 Å². The second-order valence-corrected chi connectivity index (χ2v) is 10.2. The third-order valence-corrected chi connectivity index (χ3v) is 6.84. The van der Waals surface area contributed by atoms with Gasteiger partial charge in [-0.2, -0.15) is 13.2 Å². The first-order valence-corrected chi connectivity index (χ1v) is 13.7. The molecule has 0 saturated heterocycles. The van der Waals surface area contributed by atoms with Crippen LogP contribution in [0.25, 0.3) is 6.08 Å². The highest BCUT2D eigenvalue weighted by Crippen LogP contribution is 2.34. The van der Waals surface area contributed by atoms with Crippen LogP contribution < -0.4 is 16.0 Å². The van der Waals surface area contributed by atoms with Gasteiger partial charge in [0.05, 0.1) is 17.0 Å². The lowest BCUT2D eigenvalue weighted by Crippen LogP contribution is -2.30. The summed E-state index contributed by atoms with van der Waals surface area (Å²) in [6.07, 6.45) is -3.03. The van der Waals surface area contributed by atoms with Crippen LogP contribution in [0.2, 0.25) is 0 Å². The maximum atomic E-state index is 13.3. The van der Waals surface area contributed by atoms with Crippen molar-refractivity contribution in [1.82, 2.24) is 5.32 Å². The average Bonchev–Trinajstić information content (AvgIpc) is 2.96. The second kappa shape index (κ2) is 13.7. The molecule has 0 spiro atoms. The normalized spacial score (nSPS) is 11.5. The lowest BCUT2D eigenvalue weighted by Gasteiger charge is -2.14. The van der Waals surface area contributed by atoms with E-state index in [1.54, 1.807) is 60.7 Å². The summed E-state index contributed by atoms with van der Waals surface area (Å²) in [4.78, 5) is 39.2. The first-order chi connectivity index (χ1) is 20.1. The van der Waals surface area contributed by atoms with Crippen molar-refractivity contribution >= 4 is 46.9 Å². The molecule has 0 radical (unpaired) electrons. The van der Waals surface area contributed by atoms with E-state index >= 15 is 0 Å². The quantitative estimate of drug-likeness (QED) is 0.143. The Hall–Kier alpha value is -4.83. The van der Waals surface area contributed by atoms with E-state index in [0.29, 0.717) is 16.1 Å². The third-order valence-electron chi connectivity index (χ3n) is 5.85. The average molecular weight is 590 g/mol. The lowest BCUT2D eigenvalue weighted by molar-refractivity contribution is -0.137. The molecule has 0 aliphatic carbocycles. The SMILES string of the molecule is Cc1cccc(/C=C(/NC(=O)c2ccccc2)C(=O)Nc2cccc(SCC(=O)Nc3ccccc3C(F)(F)F)c2)c1. The van der Waals surface area contributed by atoms with Crippen LogP contribution in [-0.2, 0) is 15.8 Å². The Kier molecular flexibility index (Phi) is 9.82. The predicted octanol–water partition coefficient (Wildman–Crippen LogP) is 7.15. The number of thioether (sulfide) groups is 1. The number of benzene rings is 4.